The van der Waals surface area contributed by atoms with Gasteiger partial charge in [-0.25, -0.2) is 0 Å². The number of amides is 1. The van der Waals surface area contributed by atoms with Crippen LogP contribution in [0.2, 0.25) is 0 Å². The predicted molar refractivity (Wildman–Crippen MR) is 76.5 cm³/mol. The van der Waals surface area contributed by atoms with Gasteiger partial charge in [0.25, 0.3) is 0 Å². The maximum absolute atomic E-state index is 12.3. The number of aryl methyl sites for hydroxylation is 1. The number of carbonyl (C=O) groups excluding carboxylic acids is 1. The number of aliphatic carboxylic acids is 1. The molecule has 4 nitrogen and oxygen atoms in total. The SMILES string of the molecule is CCc1cccc(CC(=O)N2CCCC2CC(=O)O)c1. The van der Waals surface area contributed by atoms with Gasteiger partial charge in [0.15, 0.2) is 0 Å². The van der Waals surface area contributed by atoms with E-state index in [0.29, 0.717) is 13.0 Å². The molecule has 1 heterocycles. The molecule has 1 amide bonds. The van der Waals surface area contributed by atoms with Crippen molar-refractivity contribution in [2.45, 2.75) is 45.1 Å². The summed E-state index contributed by atoms with van der Waals surface area (Å²) in [7, 11) is 0. The average molecular weight is 275 g/mol. The second kappa shape index (κ2) is 6.55. The number of rotatable bonds is 5. The summed E-state index contributed by atoms with van der Waals surface area (Å²) in [6.07, 6.45) is 3.07. The van der Waals surface area contributed by atoms with Crippen LogP contribution in [-0.4, -0.2) is 34.5 Å². The van der Waals surface area contributed by atoms with Gasteiger partial charge in [-0.2, -0.15) is 0 Å². The molecule has 1 aliphatic heterocycles. The zero-order chi connectivity index (χ0) is 14.5. The molecule has 1 saturated heterocycles. The minimum Gasteiger partial charge on any atom is -0.481 e. The molecule has 1 aromatic rings. The first kappa shape index (κ1) is 14.6. The molecule has 0 aliphatic carbocycles. The Kier molecular flexibility index (Phi) is 4.77. The van der Waals surface area contributed by atoms with E-state index < -0.39 is 5.97 Å². The molecule has 0 spiro atoms. The Bertz CT molecular complexity index is 498. The van der Waals surface area contributed by atoms with Crippen LogP contribution in [0.1, 0.15) is 37.3 Å². The van der Waals surface area contributed by atoms with Gasteiger partial charge in [-0.3, -0.25) is 9.59 Å². The number of carbonyl (C=O) groups is 2. The molecule has 1 aliphatic rings. The molecule has 0 saturated carbocycles. The summed E-state index contributed by atoms with van der Waals surface area (Å²) < 4.78 is 0. The summed E-state index contributed by atoms with van der Waals surface area (Å²) in [6, 6.07) is 7.91. The normalized spacial score (nSPS) is 18.2. The zero-order valence-electron chi connectivity index (χ0n) is 11.8. The fourth-order valence-corrected chi connectivity index (χ4v) is 2.81. The molecular formula is C16H21NO3. The molecule has 4 heteroatoms. The van der Waals surface area contributed by atoms with Gasteiger partial charge in [-0.1, -0.05) is 31.2 Å². The Hall–Kier alpha value is -1.84. The minimum atomic E-state index is -0.831. The van der Waals surface area contributed by atoms with Crippen LogP contribution in [0.15, 0.2) is 24.3 Å². The number of carboxylic acids is 1. The van der Waals surface area contributed by atoms with Crippen LogP contribution < -0.4 is 0 Å². The molecule has 0 radical (unpaired) electrons. The Morgan fingerprint density at radius 3 is 2.80 bits per heavy atom. The summed E-state index contributed by atoms with van der Waals surface area (Å²) in [5.74, 6) is -0.787. The molecule has 0 aromatic heterocycles. The molecule has 108 valence electrons. The van der Waals surface area contributed by atoms with E-state index in [1.165, 1.54) is 5.56 Å². The summed E-state index contributed by atoms with van der Waals surface area (Å²) in [5.41, 5.74) is 2.23. The second-order valence-corrected chi connectivity index (χ2v) is 5.33. The third-order valence-electron chi connectivity index (χ3n) is 3.86. The number of nitrogens with zero attached hydrogens (tertiary/aromatic N) is 1. The lowest BCUT2D eigenvalue weighted by Gasteiger charge is -2.23. The number of likely N-dealkylation sites (tertiary alicyclic amines) is 1. The highest BCUT2D eigenvalue weighted by molar-refractivity contribution is 5.80. The fraction of sp³-hybridized carbons (Fsp3) is 0.500. The Balaban J connectivity index is 2.01. The molecule has 1 unspecified atom stereocenters. The van der Waals surface area contributed by atoms with Gasteiger partial charge in [0, 0.05) is 12.6 Å². The van der Waals surface area contributed by atoms with E-state index in [1.807, 2.05) is 12.1 Å². The van der Waals surface area contributed by atoms with Crippen LogP contribution >= 0.6 is 0 Å². The van der Waals surface area contributed by atoms with E-state index >= 15 is 0 Å². The highest BCUT2D eigenvalue weighted by Crippen LogP contribution is 2.21. The van der Waals surface area contributed by atoms with Gasteiger partial charge in [-0.15, -0.1) is 0 Å². The largest absolute Gasteiger partial charge is 0.481 e. The van der Waals surface area contributed by atoms with Crippen molar-refractivity contribution in [1.82, 2.24) is 4.90 Å². The maximum atomic E-state index is 12.3. The van der Waals surface area contributed by atoms with Crippen molar-refractivity contribution in [2.24, 2.45) is 0 Å². The maximum Gasteiger partial charge on any atom is 0.305 e. The Morgan fingerprint density at radius 1 is 1.35 bits per heavy atom. The lowest BCUT2D eigenvalue weighted by atomic mass is 10.1. The number of hydrogen-bond acceptors (Lipinski definition) is 2. The van der Waals surface area contributed by atoms with E-state index in [9.17, 15) is 9.59 Å². The first-order valence-electron chi connectivity index (χ1n) is 7.19. The van der Waals surface area contributed by atoms with E-state index in [2.05, 4.69) is 19.1 Å². The van der Waals surface area contributed by atoms with Crippen LogP contribution in [0.4, 0.5) is 0 Å². The average Bonchev–Trinajstić information content (AvgIpc) is 2.86. The molecular weight excluding hydrogens is 254 g/mol. The molecule has 1 N–H and O–H groups in total. The molecule has 1 fully saturated rings. The minimum absolute atomic E-state index is 0.0435. The molecule has 0 bridgehead atoms. The van der Waals surface area contributed by atoms with Gasteiger partial charge in [0.1, 0.15) is 0 Å². The topological polar surface area (TPSA) is 57.6 Å². The number of benzene rings is 1. The summed E-state index contributed by atoms with van der Waals surface area (Å²) in [4.78, 5) is 24.9. The van der Waals surface area contributed by atoms with Crippen molar-refractivity contribution >= 4 is 11.9 Å². The van der Waals surface area contributed by atoms with Gasteiger partial charge >= 0.3 is 5.97 Å². The van der Waals surface area contributed by atoms with Gasteiger partial charge in [-0.05, 0) is 30.4 Å². The van der Waals surface area contributed by atoms with Crippen molar-refractivity contribution in [3.63, 3.8) is 0 Å². The van der Waals surface area contributed by atoms with Crippen LogP contribution in [0.25, 0.3) is 0 Å². The van der Waals surface area contributed by atoms with Crippen LogP contribution in [0, 0.1) is 0 Å². The molecule has 1 atom stereocenters. The molecule has 20 heavy (non-hydrogen) atoms. The highest BCUT2D eigenvalue weighted by Gasteiger charge is 2.30. The highest BCUT2D eigenvalue weighted by atomic mass is 16.4. The van der Waals surface area contributed by atoms with Crippen LogP contribution in [-0.2, 0) is 22.4 Å². The molecule has 1 aromatic carbocycles. The lowest BCUT2D eigenvalue weighted by molar-refractivity contribution is -0.139. The predicted octanol–water partition coefficient (Wildman–Crippen LogP) is 2.26. The Morgan fingerprint density at radius 2 is 2.10 bits per heavy atom. The van der Waals surface area contributed by atoms with E-state index in [4.69, 9.17) is 5.11 Å². The molecule has 2 rings (SSSR count). The van der Waals surface area contributed by atoms with E-state index in [1.54, 1.807) is 4.90 Å². The van der Waals surface area contributed by atoms with Crippen molar-refractivity contribution in [3.05, 3.63) is 35.4 Å². The van der Waals surface area contributed by atoms with Gasteiger partial charge in [0.2, 0.25) is 5.91 Å². The standard InChI is InChI=1S/C16H21NO3/c1-2-12-5-3-6-13(9-12)10-15(18)17-8-4-7-14(17)11-16(19)20/h3,5-6,9,14H,2,4,7-8,10-11H2,1H3,(H,19,20). The third kappa shape index (κ3) is 3.59. The quantitative estimate of drug-likeness (QED) is 0.896. The summed E-state index contributed by atoms with van der Waals surface area (Å²) >= 11 is 0. The van der Waals surface area contributed by atoms with E-state index in [0.717, 1.165) is 24.8 Å². The van der Waals surface area contributed by atoms with Crippen LogP contribution in [0.5, 0.6) is 0 Å². The van der Waals surface area contributed by atoms with E-state index in [-0.39, 0.29) is 18.4 Å². The van der Waals surface area contributed by atoms with Crippen molar-refractivity contribution in [2.75, 3.05) is 6.54 Å². The summed E-state index contributed by atoms with van der Waals surface area (Å²) in [5, 5.41) is 8.89. The number of hydrogen-bond donors (Lipinski definition) is 1. The number of carboxylic acid groups (broad SMARTS) is 1. The third-order valence-corrected chi connectivity index (χ3v) is 3.86. The zero-order valence-corrected chi connectivity index (χ0v) is 11.8. The van der Waals surface area contributed by atoms with Crippen molar-refractivity contribution < 1.29 is 14.7 Å². The van der Waals surface area contributed by atoms with Gasteiger partial charge < -0.3 is 10.0 Å². The van der Waals surface area contributed by atoms with Crippen LogP contribution in [0.3, 0.4) is 0 Å². The Labute approximate surface area is 119 Å². The summed E-state index contributed by atoms with van der Waals surface area (Å²) in [6.45, 7) is 2.77. The smallest absolute Gasteiger partial charge is 0.305 e. The first-order valence-corrected chi connectivity index (χ1v) is 7.19. The van der Waals surface area contributed by atoms with Crippen molar-refractivity contribution in [1.29, 1.82) is 0 Å². The van der Waals surface area contributed by atoms with Gasteiger partial charge in [0.05, 0.1) is 12.8 Å². The monoisotopic (exact) mass is 275 g/mol. The van der Waals surface area contributed by atoms with Crippen molar-refractivity contribution in [3.8, 4) is 0 Å². The second-order valence-electron chi connectivity index (χ2n) is 5.33. The lowest BCUT2D eigenvalue weighted by Crippen LogP contribution is -2.37. The first-order chi connectivity index (χ1) is 9.60. The fourth-order valence-electron chi connectivity index (χ4n) is 2.81.